The summed E-state index contributed by atoms with van der Waals surface area (Å²) >= 11 is 2.62. The van der Waals surface area contributed by atoms with Crippen LogP contribution in [0.4, 0.5) is 10.8 Å². The topological polar surface area (TPSA) is 142 Å². The number of anilines is 2. The van der Waals surface area contributed by atoms with E-state index in [1.54, 1.807) is 5.38 Å². The highest BCUT2D eigenvalue weighted by atomic mass is 32.1. The first-order valence-corrected chi connectivity index (χ1v) is 9.49. The van der Waals surface area contributed by atoms with E-state index in [1.807, 2.05) is 12.3 Å². The molecule has 28 heavy (non-hydrogen) atoms. The summed E-state index contributed by atoms with van der Waals surface area (Å²) < 4.78 is 0. The van der Waals surface area contributed by atoms with Crippen LogP contribution in [0.1, 0.15) is 32.8 Å². The average molecular weight is 420 g/mol. The number of carbonyl (C=O) groups excluding carboxylic acids is 2. The van der Waals surface area contributed by atoms with E-state index in [-0.39, 0.29) is 16.5 Å². The number of aromatic hydroxyl groups is 1. The highest BCUT2D eigenvalue weighted by Gasteiger charge is 2.12. The van der Waals surface area contributed by atoms with Crippen LogP contribution in [0, 0.1) is 6.92 Å². The number of aromatic nitrogens is 2. The molecule has 11 heteroatoms. The normalized spacial score (nSPS) is 9.79. The number of thiazole rings is 2. The minimum Gasteiger partial charge on any atom is -0.507 e. The van der Waals surface area contributed by atoms with E-state index in [4.69, 9.17) is 5.11 Å². The molecule has 0 bridgehead atoms. The van der Waals surface area contributed by atoms with Crippen LogP contribution in [0.5, 0.6) is 5.75 Å². The Morgan fingerprint density at radius 2 is 1.89 bits per heavy atom. The van der Waals surface area contributed by atoms with Crippen LogP contribution >= 0.6 is 22.7 Å². The lowest BCUT2D eigenvalue weighted by Gasteiger charge is -2.05. The number of rotatable bonds is 4. The molecule has 1 aromatic carbocycles. The zero-order chi connectivity index (χ0) is 20.7. The summed E-state index contributed by atoms with van der Waals surface area (Å²) in [5.74, 6) is -2.12. The number of aryl methyl sites for hydroxylation is 1. The van der Waals surface area contributed by atoms with Gasteiger partial charge < -0.3 is 20.8 Å². The van der Waals surface area contributed by atoms with Gasteiger partial charge in [0.15, 0.2) is 10.1 Å². The minimum absolute atomic E-state index is 0.0747. The van der Waals surface area contributed by atoms with Crippen molar-refractivity contribution >= 4 is 51.3 Å². The number of phenols is 1. The van der Waals surface area contributed by atoms with Crippen molar-refractivity contribution in [2.24, 2.45) is 0 Å². The largest absolute Gasteiger partial charge is 0.507 e. The molecule has 2 amide bonds. The predicted octanol–water partition coefficient (Wildman–Crippen LogP) is 3.21. The van der Waals surface area contributed by atoms with Crippen LogP contribution in [-0.4, -0.2) is 38.0 Å². The van der Waals surface area contributed by atoms with Gasteiger partial charge in [0, 0.05) is 35.6 Å². The third-order valence-corrected chi connectivity index (χ3v) is 4.66. The van der Waals surface area contributed by atoms with Crippen LogP contribution in [0.25, 0.3) is 0 Å². The molecule has 0 fully saturated rings. The fourth-order valence-corrected chi connectivity index (χ4v) is 3.14. The van der Waals surface area contributed by atoms with Crippen LogP contribution in [-0.2, 0) is 4.79 Å². The Morgan fingerprint density at radius 3 is 2.39 bits per heavy atom. The van der Waals surface area contributed by atoms with Gasteiger partial charge in [-0.25, -0.2) is 14.8 Å². The van der Waals surface area contributed by atoms with Gasteiger partial charge in [-0.05, 0) is 19.1 Å². The minimum atomic E-state index is -1.23. The molecule has 3 aromatic rings. The lowest BCUT2D eigenvalue weighted by molar-refractivity contribution is -0.114. The van der Waals surface area contributed by atoms with Crippen LogP contribution in [0.15, 0.2) is 35.2 Å². The zero-order valence-corrected chi connectivity index (χ0v) is 16.4. The van der Waals surface area contributed by atoms with Gasteiger partial charge in [0.05, 0.1) is 5.69 Å². The number of carbonyl (C=O) groups is 3. The first-order chi connectivity index (χ1) is 13.3. The van der Waals surface area contributed by atoms with Crippen molar-refractivity contribution in [3.8, 4) is 5.75 Å². The maximum atomic E-state index is 11.6. The van der Waals surface area contributed by atoms with Gasteiger partial charge in [0.25, 0.3) is 5.91 Å². The van der Waals surface area contributed by atoms with Crippen molar-refractivity contribution < 1.29 is 24.6 Å². The van der Waals surface area contributed by atoms with Crippen molar-refractivity contribution in [1.29, 1.82) is 0 Å². The Labute approximate surface area is 167 Å². The van der Waals surface area contributed by atoms with Crippen molar-refractivity contribution in [3.05, 3.63) is 51.4 Å². The highest BCUT2D eigenvalue weighted by Crippen LogP contribution is 2.22. The third-order valence-electron chi connectivity index (χ3n) is 3.01. The smallest absolute Gasteiger partial charge is 0.339 e. The van der Waals surface area contributed by atoms with Crippen LogP contribution < -0.4 is 10.6 Å². The molecule has 2 heterocycles. The molecule has 0 aliphatic rings. The molecule has 0 aliphatic carbocycles. The summed E-state index contributed by atoms with van der Waals surface area (Å²) in [5.41, 5.74) is 1.02. The Hall–Kier alpha value is -3.31. The predicted molar refractivity (Wildman–Crippen MR) is 106 cm³/mol. The number of hydrogen-bond donors (Lipinski definition) is 4. The number of carboxylic acids is 1. The first-order valence-electron chi connectivity index (χ1n) is 7.73. The first kappa shape index (κ1) is 21.0. The van der Waals surface area contributed by atoms with Crippen LogP contribution in [0.3, 0.4) is 0 Å². The molecule has 3 rings (SSSR count). The van der Waals surface area contributed by atoms with Crippen molar-refractivity contribution in [3.63, 3.8) is 0 Å². The highest BCUT2D eigenvalue weighted by molar-refractivity contribution is 7.14. The fraction of sp³-hybridized carbons (Fsp3) is 0.118. The number of aromatic carboxylic acids is 1. The van der Waals surface area contributed by atoms with Gasteiger partial charge in [-0.3, -0.25) is 9.59 Å². The summed E-state index contributed by atoms with van der Waals surface area (Å²) in [5, 5.41) is 27.8. The molecule has 0 unspecified atom stereocenters. The van der Waals surface area contributed by atoms with Gasteiger partial charge >= 0.3 is 5.97 Å². The molecule has 9 nitrogen and oxygen atoms in total. The number of hydrogen-bond acceptors (Lipinski definition) is 8. The Kier molecular flexibility index (Phi) is 7.18. The van der Waals surface area contributed by atoms with Gasteiger partial charge in [-0.2, -0.15) is 0 Å². The summed E-state index contributed by atoms with van der Waals surface area (Å²) in [4.78, 5) is 40.7. The van der Waals surface area contributed by atoms with Gasteiger partial charge in [0.1, 0.15) is 11.3 Å². The molecule has 2 aromatic heterocycles. The maximum absolute atomic E-state index is 11.6. The molecule has 0 saturated heterocycles. The quantitative estimate of drug-likeness (QED) is 0.508. The van der Waals surface area contributed by atoms with Crippen molar-refractivity contribution in [1.82, 2.24) is 9.97 Å². The monoisotopic (exact) mass is 420 g/mol. The lowest BCUT2D eigenvalue weighted by atomic mass is 10.2. The van der Waals surface area contributed by atoms with E-state index < -0.39 is 17.6 Å². The molecule has 0 saturated carbocycles. The molecule has 0 atom stereocenters. The Balaban J connectivity index is 0.000000237. The van der Waals surface area contributed by atoms with Crippen molar-refractivity contribution in [2.45, 2.75) is 13.8 Å². The summed E-state index contributed by atoms with van der Waals surface area (Å²) in [6.45, 7) is 3.36. The Bertz CT molecular complexity index is 985. The van der Waals surface area contributed by atoms with E-state index in [1.165, 1.54) is 54.0 Å². The third kappa shape index (κ3) is 6.14. The van der Waals surface area contributed by atoms with E-state index in [0.29, 0.717) is 10.8 Å². The second-order valence-electron chi connectivity index (χ2n) is 5.30. The van der Waals surface area contributed by atoms with Crippen molar-refractivity contribution in [2.75, 3.05) is 10.6 Å². The average Bonchev–Trinajstić information content (AvgIpc) is 3.26. The number of benzene rings is 1. The second kappa shape index (κ2) is 9.58. The maximum Gasteiger partial charge on any atom is 0.339 e. The SMILES string of the molecule is CC(=O)Nc1nc(C)cs1.O=C(Nc1ccc(C(=O)O)c(O)c1)c1nccs1. The van der Waals surface area contributed by atoms with E-state index >= 15 is 0 Å². The number of carboxylic acid groups (broad SMARTS) is 1. The summed E-state index contributed by atoms with van der Waals surface area (Å²) in [6.07, 6.45) is 1.50. The van der Waals surface area contributed by atoms with E-state index in [0.717, 1.165) is 5.69 Å². The number of nitrogens with one attached hydrogen (secondary N) is 2. The Morgan fingerprint density at radius 1 is 1.14 bits per heavy atom. The second-order valence-corrected chi connectivity index (χ2v) is 7.06. The molecular weight excluding hydrogens is 404 g/mol. The summed E-state index contributed by atoms with van der Waals surface area (Å²) in [7, 11) is 0. The molecule has 4 N–H and O–H groups in total. The standard InChI is InChI=1S/C11H8N2O4S.C6H8N2OS/c14-8-5-6(1-2-7(8)11(16)17)13-9(15)10-12-3-4-18-10;1-4-3-10-6(7-4)8-5(2)9/h1-5,14H,(H,13,15)(H,16,17);3H,1-2H3,(H,7,8,9). The molecule has 146 valence electrons. The molecule has 0 spiro atoms. The van der Waals surface area contributed by atoms with Gasteiger partial charge in [-0.1, -0.05) is 0 Å². The van der Waals surface area contributed by atoms with E-state index in [2.05, 4.69) is 20.6 Å². The van der Waals surface area contributed by atoms with E-state index in [9.17, 15) is 19.5 Å². The zero-order valence-electron chi connectivity index (χ0n) is 14.8. The van der Waals surface area contributed by atoms with Gasteiger partial charge in [-0.15, -0.1) is 22.7 Å². The number of amides is 2. The molecule has 0 radical (unpaired) electrons. The molecular formula is C17H16N4O5S2. The van der Waals surface area contributed by atoms with Crippen LogP contribution in [0.2, 0.25) is 0 Å². The fourth-order valence-electron chi connectivity index (χ4n) is 1.87. The summed E-state index contributed by atoms with van der Waals surface area (Å²) in [6, 6.07) is 3.79. The number of nitrogens with zero attached hydrogens (tertiary/aromatic N) is 2. The lowest BCUT2D eigenvalue weighted by Crippen LogP contribution is -2.11. The van der Waals surface area contributed by atoms with Gasteiger partial charge in [0.2, 0.25) is 5.91 Å². The molecule has 0 aliphatic heterocycles.